The Labute approximate surface area is 82.6 Å². The molecule has 0 saturated heterocycles. The summed E-state index contributed by atoms with van der Waals surface area (Å²) in [5.74, 6) is -1.59. The summed E-state index contributed by atoms with van der Waals surface area (Å²) in [5.41, 5.74) is 0.419. The van der Waals surface area contributed by atoms with E-state index in [4.69, 9.17) is 15.3 Å². The number of carboxylic acids is 1. The Hall–Kier alpha value is -1.23. The van der Waals surface area contributed by atoms with Gasteiger partial charge in [-0.25, -0.2) is 0 Å². The van der Waals surface area contributed by atoms with Crippen molar-refractivity contribution >= 4 is 21.9 Å². The van der Waals surface area contributed by atoms with Crippen molar-refractivity contribution < 1.29 is 20.1 Å². The smallest absolute Gasteiger partial charge is 0.307 e. The molecule has 0 aliphatic carbocycles. The van der Waals surface area contributed by atoms with E-state index in [0.29, 0.717) is 10.0 Å². The fourth-order valence-electron chi connectivity index (χ4n) is 0.893. The molecule has 4 nitrogen and oxygen atoms in total. The van der Waals surface area contributed by atoms with Crippen LogP contribution >= 0.6 is 15.9 Å². The number of carboxylic acid groups (broad SMARTS) is 1. The maximum absolute atomic E-state index is 10.4. The number of phenolic OH excluding ortho intramolecular Hbond substituents is 2. The second-order valence-electron chi connectivity index (χ2n) is 2.50. The molecule has 1 aromatic carbocycles. The van der Waals surface area contributed by atoms with Crippen molar-refractivity contribution in [3.05, 3.63) is 22.2 Å². The summed E-state index contributed by atoms with van der Waals surface area (Å²) >= 11 is 3.08. The van der Waals surface area contributed by atoms with Crippen LogP contribution in [0.5, 0.6) is 11.5 Å². The highest BCUT2D eigenvalue weighted by Crippen LogP contribution is 2.31. The van der Waals surface area contributed by atoms with Crippen molar-refractivity contribution in [3.8, 4) is 11.5 Å². The van der Waals surface area contributed by atoms with Crippen LogP contribution in [0, 0.1) is 0 Å². The lowest BCUT2D eigenvalue weighted by Gasteiger charge is -2.03. The number of aromatic hydroxyl groups is 2. The molecule has 0 spiro atoms. The van der Waals surface area contributed by atoms with E-state index in [9.17, 15) is 4.79 Å². The van der Waals surface area contributed by atoms with Crippen LogP contribution < -0.4 is 0 Å². The number of phenols is 2. The number of benzene rings is 1. The van der Waals surface area contributed by atoms with Crippen molar-refractivity contribution in [2.75, 3.05) is 0 Å². The van der Waals surface area contributed by atoms with E-state index in [0.717, 1.165) is 0 Å². The molecule has 0 amide bonds. The van der Waals surface area contributed by atoms with E-state index >= 15 is 0 Å². The molecule has 0 radical (unpaired) electrons. The Morgan fingerprint density at radius 2 is 1.85 bits per heavy atom. The highest BCUT2D eigenvalue weighted by Gasteiger charge is 2.09. The summed E-state index contributed by atoms with van der Waals surface area (Å²) in [7, 11) is 0. The van der Waals surface area contributed by atoms with Gasteiger partial charge < -0.3 is 15.3 Å². The third-order valence-corrected chi connectivity index (χ3v) is 2.22. The molecule has 1 aromatic rings. The van der Waals surface area contributed by atoms with Crippen LogP contribution in [0.3, 0.4) is 0 Å². The van der Waals surface area contributed by atoms with Crippen LogP contribution in [0.25, 0.3) is 0 Å². The summed E-state index contributed by atoms with van der Waals surface area (Å²) in [4.78, 5) is 10.4. The molecular weight excluding hydrogens is 240 g/mol. The molecule has 0 atom stereocenters. The molecule has 0 unspecified atom stereocenters. The first-order valence-electron chi connectivity index (χ1n) is 3.43. The summed E-state index contributed by atoms with van der Waals surface area (Å²) in [5, 5.41) is 26.6. The van der Waals surface area contributed by atoms with Crippen LogP contribution in [-0.2, 0) is 11.2 Å². The van der Waals surface area contributed by atoms with E-state index < -0.39 is 5.97 Å². The first kappa shape index (κ1) is 9.85. The van der Waals surface area contributed by atoms with Gasteiger partial charge in [0, 0.05) is 4.47 Å². The van der Waals surface area contributed by atoms with Gasteiger partial charge in [-0.2, -0.15) is 0 Å². The van der Waals surface area contributed by atoms with Crippen LogP contribution in [-0.4, -0.2) is 21.3 Å². The molecular formula is C8H7BrO4. The average Bonchev–Trinajstić information content (AvgIpc) is 1.99. The number of rotatable bonds is 2. The van der Waals surface area contributed by atoms with Crippen LogP contribution in [0.4, 0.5) is 0 Å². The maximum atomic E-state index is 10.4. The summed E-state index contributed by atoms with van der Waals surface area (Å²) in [6.07, 6.45) is -0.200. The number of hydrogen-bond acceptors (Lipinski definition) is 3. The second-order valence-corrected chi connectivity index (χ2v) is 3.36. The summed E-state index contributed by atoms with van der Waals surface area (Å²) < 4.78 is 0.463. The lowest BCUT2D eigenvalue weighted by atomic mass is 10.1. The normalized spacial score (nSPS) is 9.92. The van der Waals surface area contributed by atoms with Gasteiger partial charge in [0.1, 0.15) is 0 Å². The predicted octanol–water partition coefficient (Wildman–Crippen LogP) is 1.49. The fourth-order valence-corrected chi connectivity index (χ4v) is 1.36. The van der Waals surface area contributed by atoms with Crippen LogP contribution in [0.15, 0.2) is 16.6 Å². The van der Waals surface area contributed by atoms with Gasteiger partial charge in [0.25, 0.3) is 0 Å². The predicted molar refractivity (Wildman–Crippen MR) is 48.8 cm³/mol. The Kier molecular flexibility index (Phi) is 2.77. The molecule has 0 fully saturated rings. The molecule has 0 aliphatic rings. The van der Waals surface area contributed by atoms with E-state index in [1.54, 1.807) is 0 Å². The average molecular weight is 247 g/mol. The minimum Gasteiger partial charge on any atom is -0.504 e. The number of aliphatic carboxylic acids is 1. The SMILES string of the molecule is O=C(O)Cc1cc(O)c(O)cc1Br. The van der Waals surface area contributed by atoms with Gasteiger partial charge >= 0.3 is 5.97 Å². The number of halogens is 1. The zero-order valence-electron chi connectivity index (χ0n) is 6.49. The first-order valence-corrected chi connectivity index (χ1v) is 4.22. The molecule has 0 heterocycles. The monoisotopic (exact) mass is 246 g/mol. The molecule has 3 N–H and O–H groups in total. The molecule has 1 rings (SSSR count). The van der Waals surface area contributed by atoms with Crippen LogP contribution in [0.1, 0.15) is 5.56 Å². The maximum Gasteiger partial charge on any atom is 0.307 e. The van der Waals surface area contributed by atoms with Gasteiger partial charge in [-0.15, -0.1) is 0 Å². The fraction of sp³-hybridized carbons (Fsp3) is 0.125. The van der Waals surface area contributed by atoms with Crippen molar-refractivity contribution in [1.29, 1.82) is 0 Å². The van der Waals surface area contributed by atoms with E-state index in [1.807, 2.05) is 0 Å². The number of hydrogen-bond donors (Lipinski definition) is 3. The van der Waals surface area contributed by atoms with Crippen molar-refractivity contribution in [1.82, 2.24) is 0 Å². The lowest BCUT2D eigenvalue weighted by Crippen LogP contribution is -2.00. The standard InChI is InChI=1S/C8H7BrO4/c9-5-3-7(11)6(10)1-4(5)2-8(12)13/h1,3,10-11H,2H2,(H,12,13). The van der Waals surface area contributed by atoms with Gasteiger partial charge in [-0.05, 0) is 17.7 Å². The second kappa shape index (κ2) is 3.66. The van der Waals surface area contributed by atoms with Gasteiger partial charge in [-0.1, -0.05) is 15.9 Å². The van der Waals surface area contributed by atoms with Crippen molar-refractivity contribution in [2.45, 2.75) is 6.42 Å². The highest BCUT2D eigenvalue weighted by molar-refractivity contribution is 9.10. The summed E-state index contributed by atoms with van der Waals surface area (Å²) in [6.45, 7) is 0. The largest absolute Gasteiger partial charge is 0.504 e. The van der Waals surface area contributed by atoms with Gasteiger partial charge in [-0.3, -0.25) is 4.79 Å². The molecule has 0 aromatic heterocycles. The molecule has 70 valence electrons. The minimum atomic E-state index is -0.995. The summed E-state index contributed by atoms with van der Waals surface area (Å²) in [6, 6.07) is 2.47. The topological polar surface area (TPSA) is 77.8 Å². The molecule has 5 heteroatoms. The van der Waals surface area contributed by atoms with Gasteiger partial charge in [0.2, 0.25) is 0 Å². The Morgan fingerprint density at radius 1 is 1.31 bits per heavy atom. The third-order valence-electron chi connectivity index (χ3n) is 1.49. The zero-order valence-corrected chi connectivity index (χ0v) is 8.08. The quantitative estimate of drug-likeness (QED) is 0.692. The van der Waals surface area contributed by atoms with Crippen molar-refractivity contribution in [3.63, 3.8) is 0 Å². The Balaban J connectivity index is 3.08. The zero-order chi connectivity index (χ0) is 10.0. The van der Waals surface area contributed by atoms with E-state index in [1.165, 1.54) is 12.1 Å². The molecule has 0 saturated carbocycles. The molecule has 0 bridgehead atoms. The van der Waals surface area contributed by atoms with E-state index in [-0.39, 0.29) is 17.9 Å². The van der Waals surface area contributed by atoms with Crippen LogP contribution in [0.2, 0.25) is 0 Å². The van der Waals surface area contributed by atoms with Gasteiger partial charge in [0.15, 0.2) is 11.5 Å². The highest BCUT2D eigenvalue weighted by atomic mass is 79.9. The molecule has 0 aliphatic heterocycles. The van der Waals surface area contributed by atoms with Gasteiger partial charge in [0.05, 0.1) is 6.42 Å². The minimum absolute atomic E-state index is 0.200. The molecule has 13 heavy (non-hydrogen) atoms. The van der Waals surface area contributed by atoms with E-state index in [2.05, 4.69) is 15.9 Å². The third kappa shape index (κ3) is 2.35. The lowest BCUT2D eigenvalue weighted by molar-refractivity contribution is -0.136. The van der Waals surface area contributed by atoms with Crippen molar-refractivity contribution in [2.24, 2.45) is 0 Å². The Morgan fingerprint density at radius 3 is 2.38 bits per heavy atom. The first-order chi connectivity index (χ1) is 6.00. The number of carbonyl (C=O) groups is 1. The Bertz CT molecular complexity index is 348.